The monoisotopic (exact) mass is 441 g/mol. The lowest BCUT2D eigenvalue weighted by Crippen LogP contribution is -2.44. The van der Waals surface area contributed by atoms with E-state index >= 15 is 0 Å². The molecule has 9 nitrogen and oxygen atoms in total. The summed E-state index contributed by atoms with van der Waals surface area (Å²) < 4.78 is 15.7. The van der Waals surface area contributed by atoms with E-state index in [0.29, 0.717) is 18.0 Å². The van der Waals surface area contributed by atoms with E-state index in [1.165, 1.54) is 18.4 Å². The molecule has 2 N–H and O–H groups in total. The van der Waals surface area contributed by atoms with Gasteiger partial charge in [-0.1, -0.05) is 0 Å². The Morgan fingerprint density at radius 3 is 2.63 bits per heavy atom. The van der Waals surface area contributed by atoms with Crippen LogP contribution in [0.15, 0.2) is 5.38 Å². The average Bonchev–Trinajstić information content (AvgIpc) is 3.16. The number of carbonyl (C=O) groups excluding carboxylic acids is 3. The first-order chi connectivity index (χ1) is 14.1. The summed E-state index contributed by atoms with van der Waals surface area (Å²) in [5.41, 5.74) is -0.436. The van der Waals surface area contributed by atoms with E-state index in [4.69, 9.17) is 14.2 Å². The molecule has 1 aromatic rings. The molecule has 2 rings (SSSR count). The lowest BCUT2D eigenvalue weighted by molar-refractivity contribution is -0.144. The Morgan fingerprint density at radius 1 is 1.30 bits per heavy atom. The summed E-state index contributed by atoms with van der Waals surface area (Å²) in [6, 6.07) is -1.24. The van der Waals surface area contributed by atoms with Crippen LogP contribution in [0, 0.1) is 0 Å². The largest absolute Gasteiger partial charge is 0.467 e. The van der Waals surface area contributed by atoms with Crippen molar-refractivity contribution in [2.75, 3.05) is 13.7 Å². The van der Waals surface area contributed by atoms with Crippen molar-refractivity contribution in [3.8, 4) is 0 Å². The number of hydrogen-bond donors (Lipinski definition) is 2. The van der Waals surface area contributed by atoms with Gasteiger partial charge in [0.05, 0.1) is 19.3 Å². The molecule has 0 spiro atoms. The molecule has 2 amide bonds. The maximum absolute atomic E-state index is 12.6. The van der Waals surface area contributed by atoms with Crippen molar-refractivity contribution < 1.29 is 28.6 Å². The van der Waals surface area contributed by atoms with E-state index in [1.54, 1.807) is 33.1 Å². The normalized spacial score (nSPS) is 18.8. The highest BCUT2D eigenvalue weighted by Gasteiger charge is 2.28. The van der Waals surface area contributed by atoms with Crippen LogP contribution in [0.25, 0.3) is 0 Å². The molecule has 0 aliphatic carbocycles. The summed E-state index contributed by atoms with van der Waals surface area (Å²) in [6.07, 6.45) is 2.58. The standard InChI is InChI=1S/C20H31N3O6S/c1-12(21-19(26)29-20(2,3)4)17-23-15(11-30-17)16(24)22-14(18(25)27-5)10-13-8-6-7-9-28-13/h11-14H,6-10H2,1-5H3,(H,21,26)(H,22,24)/t12-,13?,14-/m0/s1. The number of thiazole rings is 1. The third-order valence-corrected chi connectivity index (χ3v) is 5.45. The van der Waals surface area contributed by atoms with Crippen molar-refractivity contribution in [1.82, 2.24) is 15.6 Å². The number of ether oxygens (including phenoxy) is 3. The van der Waals surface area contributed by atoms with Crippen LogP contribution < -0.4 is 10.6 Å². The Kier molecular flexibility index (Phi) is 8.60. The Labute approximate surface area is 180 Å². The van der Waals surface area contributed by atoms with Gasteiger partial charge in [0.2, 0.25) is 0 Å². The zero-order valence-corrected chi connectivity index (χ0v) is 19.0. The van der Waals surface area contributed by atoms with Crippen LogP contribution in [-0.4, -0.2) is 54.4 Å². The molecular formula is C20H31N3O6S. The summed E-state index contributed by atoms with van der Waals surface area (Å²) >= 11 is 1.24. The molecule has 0 saturated carbocycles. The van der Waals surface area contributed by atoms with E-state index in [0.717, 1.165) is 19.3 Å². The van der Waals surface area contributed by atoms with Crippen molar-refractivity contribution >= 4 is 29.3 Å². The van der Waals surface area contributed by atoms with Crippen LogP contribution in [-0.2, 0) is 19.0 Å². The Morgan fingerprint density at radius 2 is 2.03 bits per heavy atom. The molecule has 168 valence electrons. The topological polar surface area (TPSA) is 116 Å². The van der Waals surface area contributed by atoms with Gasteiger partial charge in [0, 0.05) is 18.4 Å². The van der Waals surface area contributed by atoms with Crippen LogP contribution in [0.1, 0.15) is 74.9 Å². The van der Waals surface area contributed by atoms with E-state index in [2.05, 4.69) is 15.6 Å². The zero-order valence-electron chi connectivity index (χ0n) is 18.1. The fourth-order valence-corrected chi connectivity index (χ4v) is 3.79. The second-order valence-electron chi connectivity index (χ2n) is 8.21. The molecule has 1 aliphatic heterocycles. The number of aromatic nitrogens is 1. The van der Waals surface area contributed by atoms with Gasteiger partial charge in [-0.05, 0) is 47.0 Å². The maximum atomic E-state index is 12.6. The van der Waals surface area contributed by atoms with Crippen LogP contribution in [0.3, 0.4) is 0 Å². The van der Waals surface area contributed by atoms with Gasteiger partial charge in [-0.3, -0.25) is 4.79 Å². The molecule has 2 heterocycles. The lowest BCUT2D eigenvalue weighted by atomic mass is 10.0. The fraction of sp³-hybridized carbons (Fsp3) is 0.700. The highest BCUT2D eigenvalue weighted by molar-refractivity contribution is 7.09. The van der Waals surface area contributed by atoms with E-state index < -0.39 is 35.7 Å². The second-order valence-corrected chi connectivity index (χ2v) is 9.10. The van der Waals surface area contributed by atoms with Crippen molar-refractivity contribution in [3.05, 3.63) is 16.1 Å². The summed E-state index contributed by atoms with van der Waals surface area (Å²) in [5.74, 6) is -0.999. The highest BCUT2D eigenvalue weighted by Crippen LogP contribution is 2.20. The number of nitrogens with zero attached hydrogens (tertiary/aromatic N) is 1. The molecule has 30 heavy (non-hydrogen) atoms. The van der Waals surface area contributed by atoms with Gasteiger partial charge in [-0.15, -0.1) is 11.3 Å². The first-order valence-corrected chi connectivity index (χ1v) is 10.9. The Bertz CT molecular complexity index is 739. The summed E-state index contributed by atoms with van der Waals surface area (Å²) in [6.45, 7) is 7.74. The average molecular weight is 442 g/mol. The molecule has 1 saturated heterocycles. The van der Waals surface area contributed by atoms with Crippen LogP contribution in [0.5, 0.6) is 0 Å². The van der Waals surface area contributed by atoms with E-state index in [9.17, 15) is 14.4 Å². The number of alkyl carbamates (subject to hydrolysis) is 1. The fourth-order valence-electron chi connectivity index (χ4n) is 2.98. The number of rotatable bonds is 7. The van der Waals surface area contributed by atoms with Crippen LogP contribution in [0.2, 0.25) is 0 Å². The smallest absolute Gasteiger partial charge is 0.408 e. The molecule has 10 heteroatoms. The first kappa shape index (κ1) is 24.1. The number of esters is 1. The van der Waals surface area contributed by atoms with Gasteiger partial charge >= 0.3 is 12.1 Å². The molecular weight excluding hydrogens is 410 g/mol. The predicted molar refractivity (Wildman–Crippen MR) is 111 cm³/mol. The van der Waals surface area contributed by atoms with Crippen LogP contribution in [0.4, 0.5) is 4.79 Å². The van der Waals surface area contributed by atoms with Gasteiger partial charge < -0.3 is 24.8 Å². The summed E-state index contributed by atoms with van der Waals surface area (Å²) in [7, 11) is 1.29. The molecule has 0 radical (unpaired) electrons. The van der Waals surface area contributed by atoms with Crippen LogP contribution >= 0.6 is 11.3 Å². The molecule has 0 aromatic carbocycles. The minimum absolute atomic E-state index is 0.0906. The minimum Gasteiger partial charge on any atom is -0.467 e. The second kappa shape index (κ2) is 10.7. The van der Waals surface area contributed by atoms with Gasteiger partial charge in [0.1, 0.15) is 22.3 Å². The van der Waals surface area contributed by atoms with Crippen molar-refractivity contribution in [3.63, 3.8) is 0 Å². The van der Waals surface area contributed by atoms with E-state index in [-0.39, 0.29) is 11.8 Å². The third kappa shape index (κ3) is 7.56. The SMILES string of the molecule is COC(=O)[C@H](CC1CCCCO1)NC(=O)c1csc([C@H](C)NC(=O)OC(C)(C)C)n1. The van der Waals surface area contributed by atoms with Crippen molar-refractivity contribution in [2.45, 2.75) is 77.2 Å². The number of amides is 2. The molecule has 1 unspecified atom stereocenters. The molecule has 0 bridgehead atoms. The lowest BCUT2D eigenvalue weighted by Gasteiger charge is -2.26. The molecule has 1 aliphatic rings. The molecule has 1 aromatic heterocycles. The Hall–Kier alpha value is -2.20. The number of nitrogens with one attached hydrogen (secondary N) is 2. The van der Waals surface area contributed by atoms with Gasteiger partial charge in [-0.2, -0.15) is 0 Å². The Balaban J connectivity index is 1.97. The third-order valence-electron chi connectivity index (χ3n) is 4.42. The number of hydrogen-bond acceptors (Lipinski definition) is 8. The number of methoxy groups -OCH3 is 1. The van der Waals surface area contributed by atoms with Gasteiger partial charge in [0.25, 0.3) is 5.91 Å². The number of carbonyl (C=O) groups is 3. The highest BCUT2D eigenvalue weighted by atomic mass is 32.1. The minimum atomic E-state index is -0.812. The van der Waals surface area contributed by atoms with Gasteiger partial charge in [0.15, 0.2) is 0 Å². The summed E-state index contributed by atoms with van der Waals surface area (Å²) in [5, 5.41) is 7.52. The molecule has 3 atom stereocenters. The summed E-state index contributed by atoms with van der Waals surface area (Å²) in [4.78, 5) is 41.0. The van der Waals surface area contributed by atoms with Gasteiger partial charge in [-0.25, -0.2) is 14.6 Å². The van der Waals surface area contributed by atoms with Crippen molar-refractivity contribution in [2.24, 2.45) is 0 Å². The molecule has 1 fully saturated rings. The quantitative estimate of drug-likeness (QED) is 0.625. The van der Waals surface area contributed by atoms with Crippen molar-refractivity contribution in [1.29, 1.82) is 0 Å². The zero-order chi connectivity index (χ0) is 22.3. The maximum Gasteiger partial charge on any atom is 0.408 e. The van der Waals surface area contributed by atoms with E-state index in [1.807, 2.05) is 0 Å². The predicted octanol–water partition coefficient (Wildman–Crippen LogP) is 2.96. The first-order valence-electron chi connectivity index (χ1n) is 10.0.